The number of nitrogens with zero attached hydrogens (tertiary/aromatic N) is 1. The second-order valence-electron chi connectivity index (χ2n) is 7.08. The number of nitrogens with one attached hydrogen (secondary N) is 1. The van der Waals surface area contributed by atoms with Crippen molar-refractivity contribution in [1.29, 1.82) is 0 Å². The summed E-state index contributed by atoms with van der Waals surface area (Å²) < 4.78 is 64.2. The third-order valence-electron chi connectivity index (χ3n) is 4.50. The average molecular weight is 463 g/mol. The Morgan fingerprint density at radius 2 is 1.80 bits per heavy atom. The summed E-state index contributed by atoms with van der Waals surface area (Å²) in [6, 6.07) is 7.57. The van der Waals surface area contributed by atoms with Crippen molar-refractivity contribution in [1.82, 2.24) is 5.32 Å². The third-order valence-corrected chi connectivity index (χ3v) is 5.95. The minimum atomic E-state index is -4.69. The number of anilines is 1. The van der Waals surface area contributed by atoms with Crippen LogP contribution in [0, 0.1) is 13.8 Å². The van der Waals surface area contributed by atoms with Crippen LogP contribution in [0.1, 0.15) is 35.2 Å². The van der Waals surface area contributed by atoms with Crippen molar-refractivity contribution >= 4 is 33.2 Å². The van der Waals surface area contributed by atoms with Crippen LogP contribution in [-0.4, -0.2) is 27.1 Å². The molecule has 0 saturated carbocycles. The zero-order valence-electron chi connectivity index (χ0n) is 16.8. The highest BCUT2D eigenvalue weighted by Crippen LogP contribution is 2.36. The predicted octanol–water partition coefficient (Wildman–Crippen LogP) is 4.62. The molecule has 0 aromatic heterocycles. The first-order valence-electron chi connectivity index (χ1n) is 8.91. The van der Waals surface area contributed by atoms with E-state index in [1.54, 1.807) is 6.92 Å². The smallest absolute Gasteiger partial charge is 0.348 e. The molecule has 0 aliphatic rings. The molecule has 0 spiro atoms. The number of carbonyl (C=O) groups excluding carboxylic acids is 1. The number of sulfonamides is 1. The summed E-state index contributed by atoms with van der Waals surface area (Å²) in [7, 11) is -4.09. The first kappa shape index (κ1) is 24.0. The van der Waals surface area contributed by atoms with Crippen molar-refractivity contribution in [3.8, 4) is 0 Å². The summed E-state index contributed by atoms with van der Waals surface area (Å²) in [5.74, 6) is -0.679. The van der Waals surface area contributed by atoms with Gasteiger partial charge in [0.2, 0.25) is 15.9 Å². The predicted molar refractivity (Wildman–Crippen MR) is 111 cm³/mol. The van der Waals surface area contributed by atoms with Gasteiger partial charge in [0.15, 0.2) is 0 Å². The number of aryl methyl sites for hydroxylation is 2. The fourth-order valence-electron chi connectivity index (χ4n) is 3.07. The molecule has 0 aliphatic heterocycles. The number of halogens is 4. The fourth-order valence-corrected chi connectivity index (χ4v) is 4.20. The molecule has 0 radical (unpaired) electrons. The van der Waals surface area contributed by atoms with Gasteiger partial charge in [-0.3, -0.25) is 9.10 Å². The molecule has 1 amide bonds. The van der Waals surface area contributed by atoms with Crippen molar-refractivity contribution < 1.29 is 26.4 Å². The number of hydrogen-bond acceptors (Lipinski definition) is 3. The van der Waals surface area contributed by atoms with Gasteiger partial charge in [0.25, 0.3) is 0 Å². The molecular weight excluding hydrogens is 441 g/mol. The summed E-state index contributed by atoms with van der Waals surface area (Å²) >= 11 is 5.96. The molecule has 10 heteroatoms. The minimum Gasteiger partial charge on any atom is -0.348 e. The second-order valence-corrected chi connectivity index (χ2v) is 9.40. The van der Waals surface area contributed by atoms with E-state index in [0.29, 0.717) is 10.4 Å². The van der Waals surface area contributed by atoms with Gasteiger partial charge in [-0.2, -0.15) is 13.2 Å². The van der Waals surface area contributed by atoms with Gasteiger partial charge in [-0.25, -0.2) is 8.42 Å². The molecule has 0 saturated heterocycles. The molecule has 1 unspecified atom stereocenters. The van der Waals surface area contributed by atoms with Gasteiger partial charge in [0.1, 0.15) is 6.54 Å². The summed E-state index contributed by atoms with van der Waals surface area (Å²) in [4.78, 5) is 12.5. The first-order chi connectivity index (χ1) is 13.7. The van der Waals surface area contributed by atoms with Crippen LogP contribution in [0.15, 0.2) is 36.4 Å². The SMILES string of the molecule is Cc1ccc(C(C)NC(=O)CN(c2cc(C(F)(F)F)ccc2Cl)S(C)(=O)=O)c(C)c1. The summed E-state index contributed by atoms with van der Waals surface area (Å²) in [5, 5.41) is 2.46. The Balaban J connectivity index is 2.31. The van der Waals surface area contributed by atoms with Crippen LogP contribution in [0.3, 0.4) is 0 Å². The van der Waals surface area contributed by atoms with Gasteiger partial charge in [0, 0.05) is 0 Å². The largest absolute Gasteiger partial charge is 0.416 e. The quantitative estimate of drug-likeness (QED) is 0.681. The lowest BCUT2D eigenvalue weighted by Crippen LogP contribution is -2.41. The highest BCUT2D eigenvalue weighted by atomic mass is 35.5. The zero-order valence-corrected chi connectivity index (χ0v) is 18.4. The molecular formula is C20H22ClF3N2O3S. The monoisotopic (exact) mass is 462 g/mol. The van der Waals surface area contributed by atoms with Gasteiger partial charge < -0.3 is 5.32 Å². The van der Waals surface area contributed by atoms with Crippen LogP contribution in [0.4, 0.5) is 18.9 Å². The fraction of sp³-hybridized carbons (Fsp3) is 0.350. The van der Waals surface area contributed by atoms with Crippen molar-refractivity contribution in [2.24, 2.45) is 0 Å². The van der Waals surface area contributed by atoms with Crippen LogP contribution in [0.5, 0.6) is 0 Å². The molecule has 0 fully saturated rings. The average Bonchev–Trinajstić information content (AvgIpc) is 2.58. The van der Waals surface area contributed by atoms with Crippen molar-refractivity contribution in [2.45, 2.75) is 33.0 Å². The van der Waals surface area contributed by atoms with Crippen LogP contribution >= 0.6 is 11.6 Å². The molecule has 0 aliphatic carbocycles. The Labute approximate surface area is 178 Å². The maximum absolute atomic E-state index is 13.1. The molecule has 164 valence electrons. The lowest BCUT2D eigenvalue weighted by Gasteiger charge is -2.25. The van der Waals surface area contributed by atoms with E-state index < -0.39 is 45.9 Å². The standard InChI is InChI=1S/C20H22ClF3N2O3S/c1-12-5-7-16(13(2)9-12)14(3)25-19(27)11-26(30(4,28)29)18-10-15(20(22,23)24)6-8-17(18)21/h5-10,14H,11H2,1-4H3,(H,25,27). The molecule has 1 atom stereocenters. The van der Waals surface area contributed by atoms with Crippen LogP contribution < -0.4 is 9.62 Å². The lowest BCUT2D eigenvalue weighted by atomic mass is 10.0. The van der Waals surface area contributed by atoms with E-state index in [0.717, 1.165) is 35.1 Å². The minimum absolute atomic E-state index is 0.219. The molecule has 2 aromatic rings. The van der Waals surface area contributed by atoms with E-state index in [2.05, 4.69) is 5.32 Å². The van der Waals surface area contributed by atoms with Crippen LogP contribution in [0.25, 0.3) is 0 Å². The maximum Gasteiger partial charge on any atom is 0.416 e. The number of alkyl halides is 3. The lowest BCUT2D eigenvalue weighted by molar-refractivity contribution is -0.137. The van der Waals surface area contributed by atoms with Gasteiger partial charge in [-0.15, -0.1) is 0 Å². The molecule has 2 aromatic carbocycles. The molecule has 2 rings (SSSR count). The Morgan fingerprint density at radius 3 is 2.33 bits per heavy atom. The van der Waals surface area contributed by atoms with E-state index in [9.17, 15) is 26.4 Å². The second kappa shape index (κ2) is 8.85. The van der Waals surface area contributed by atoms with E-state index >= 15 is 0 Å². The first-order valence-corrected chi connectivity index (χ1v) is 11.1. The molecule has 0 heterocycles. The van der Waals surface area contributed by atoms with E-state index in [1.807, 2.05) is 32.0 Å². The Morgan fingerprint density at radius 1 is 1.17 bits per heavy atom. The van der Waals surface area contributed by atoms with Gasteiger partial charge in [-0.1, -0.05) is 35.4 Å². The van der Waals surface area contributed by atoms with E-state index in [-0.39, 0.29) is 5.02 Å². The molecule has 0 bridgehead atoms. The van der Waals surface area contributed by atoms with Crippen molar-refractivity contribution in [3.63, 3.8) is 0 Å². The van der Waals surface area contributed by atoms with Gasteiger partial charge >= 0.3 is 6.18 Å². The normalized spacial score (nSPS) is 13.1. The van der Waals surface area contributed by atoms with E-state index in [4.69, 9.17) is 11.6 Å². The Hall–Kier alpha value is -2.26. The molecule has 1 N–H and O–H groups in total. The molecule has 5 nitrogen and oxygen atoms in total. The highest BCUT2D eigenvalue weighted by Gasteiger charge is 2.33. The number of amides is 1. The number of benzene rings is 2. The summed E-state index contributed by atoms with van der Waals surface area (Å²) in [6.07, 6.45) is -3.90. The van der Waals surface area contributed by atoms with Crippen LogP contribution in [-0.2, 0) is 21.0 Å². The van der Waals surface area contributed by atoms with Crippen molar-refractivity contribution in [3.05, 3.63) is 63.7 Å². The Kier molecular flexibility index (Phi) is 7.08. The maximum atomic E-state index is 13.1. The Bertz CT molecular complexity index is 1060. The zero-order chi connectivity index (χ0) is 22.9. The van der Waals surface area contributed by atoms with Gasteiger partial charge in [0.05, 0.1) is 28.6 Å². The summed E-state index contributed by atoms with van der Waals surface area (Å²) in [5.41, 5.74) is 1.36. The molecule has 30 heavy (non-hydrogen) atoms. The van der Waals surface area contributed by atoms with E-state index in [1.165, 1.54) is 0 Å². The highest BCUT2D eigenvalue weighted by molar-refractivity contribution is 7.92. The van der Waals surface area contributed by atoms with Gasteiger partial charge in [-0.05, 0) is 50.1 Å². The topological polar surface area (TPSA) is 66.5 Å². The number of rotatable bonds is 6. The number of carbonyl (C=O) groups is 1. The third kappa shape index (κ3) is 5.89. The van der Waals surface area contributed by atoms with Crippen LogP contribution in [0.2, 0.25) is 5.02 Å². The summed E-state index contributed by atoms with van der Waals surface area (Å²) in [6.45, 7) is 4.84. The van der Waals surface area contributed by atoms with Crippen molar-refractivity contribution in [2.75, 3.05) is 17.1 Å². The number of hydrogen-bond donors (Lipinski definition) is 1.